The Morgan fingerprint density at radius 2 is 1.71 bits per heavy atom. The number of carbonyl (C=O) groups is 2. The second-order valence-electron chi connectivity index (χ2n) is 8.98. The van der Waals surface area contributed by atoms with Gasteiger partial charge in [0.2, 0.25) is 5.91 Å². The number of ether oxygens (including phenoxy) is 1. The molecule has 1 atom stereocenters. The number of hydrogen-bond donors (Lipinski definition) is 1. The fourth-order valence-corrected chi connectivity index (χ4v) is 4.94. The highest BCUT2D eigenvalue weighted by molar-refractivity contribution is 6.36. The van der Waals surface area contributed by atoms with E-state index in [0.29, 0.717) is 27.8 Å². The van der Waals surface area contributed by atoms with E-state index in [1.54, 1.807) is 23.1 Å². The van der Waals surface area contributed by atoms with Crippen molar-refractivity contribution in [2.75, 3.05) is 6.61 Å². The third-order valence-corrected chi connectivity index (χ3v) is 7.34. The van der Waals surface area contributed by atoms with Gasteiger partial charge in [0.1, 0.15) is 11.8 Å². The zero-order chi connectivity index (χ0) is 24.7. The van der Waals surface area contributed by atoms with Gasteiger partial charge in [0, 0.05) is 28.2 Å². The lowest BCUT2D eigenvalue weighted by atomic mass is 9.95. The fraction of sp³-hybridized carbons (Fsp3) is 0.481. The molecule has 5 nitrogen and oxygen atoms in total. The first-order chi connectivity index (χ1) is 16.3. The molecule has 0 unspecified atom stereocenters. The average molecular weight is 505 g/mol. The molecule has 34 heavy (non-hydrogen) atoms. The summed E-state index contributed by atoms with van der Waals surface area (Å²) in [6.07, 6.45) is 5.85. The van der Waals surface area contributed by atoms with Crippen LogP contribution in [0.3, 0.4) is 0 Å². The van der Waals surface area contributed by atoms with Crippen LogP contribution in [0.25, 0.3) is 0 Å². The van der Waals surface area contributed by atoms with Gasteiger partial charge in [-0.2, -0.15) is 0 Å². The first kappa shape index (κ1) is 26.4. The van der Waals surface area contributed by atoms with E-state index in [4.69, 9.17) is 27.9 Å². The summed E-state index contributed by atoms with van der Waals surface area (Å²) in [6.45, 7) is 5.82. The molecule has 1 aliphatic carbocycles. The molecule has 2 aromatic rings. The summed E-state index contributed by atoms with van der Waals surface area (Å²) in [5.41, 5.74) is 2.69. The van der Waals surface area contributed by atoms with Crippen LogP contribution in [0.5, 0.6) is 5.75 Å². The Kier molecular flexibility index (Phi) is 9.66. The van der Waals surface area contributed by atoms with Gasteiger partial charge in [-0.3, -0.25) is 9.59 Å². The molecule has 1 saturated carbocycles. The van der Waals surface area contributed by atoms with E-state index in [1.165, 1.54) is 6.42 Å². The molecule has 0 radical (unpaired) electrons. The summed E-state index contributed by atoms with van der Waals surface area (Å²) in [5.74, 6) is 0.226. The first-order valence-corrected chi connectivity index (χ1v) is 12.8. The van der Waals surface area contributed by atoms with E-state index in [9.17, 15) is 9.59 Å². The third-order valence-electron chi connectivity index (χ3n) is 6.63. The standard InChI is InChI=1S/C27H34Cl2N2O3/c1-4-24(27(33)30-20-11-6-5-7-12-20)31(16-21-22(28)13-9-14-23(21)29)26(32)17-34-25-15-8-10-18(2)19(25)3/h8-10,13-15,20,24H,4-7,11-12,16-17H2,1-3H3,(H,30,33)/t24-/m1/s1. The monoisotopic (exact) mass is 504 g/mol. The van der Waals surface area contributed by atoms with Crippen LogP contribution < -0.4 is 10.1 Å². The van der Waals surface area contributed by atoms with Gasteiger partial charge < -0.3 is 15.0 Å². The summed E-state index contributed by atoms with van der Waals surface area (Å²) < 4.78 is 5.89. The van der Waals surface area contributed by atoms with Gasteiger partial charge >= 0.3 is 0 Å². The number of rotatable bonds is 9. The zero-order valence-corrected chi connectivity index (χ0v) is 21.7. The molecular formula is C27H34Cl2N2O3. The fourth-order valence-electron chi connectivity index (χ4n) is 4.42. The van der Waals surface area contributed by atoms with Crippen molar-refractivity contribution in [3.05, 3.63) is 63.1 Å². The van der Waals surface area contributed by atoms with E-state index < -0.39 is 6.04 Å². The first-order valence-electron chi connectivity index (χ1n) is 12.0. The van der Waals surface area contributed by atoms with Crippen LogP contribution in [0, 0.1) is 13.8 Å². The van der Waals surface area contributed by atoms with Crippen molar-refractivity contribution in [2.45, 2.75) is 77.9 Å². The topological polar surface area (TPSA) is 58.6 Å². The summed E-state index contributed by atoms with van der Waals surface area (Å²) in [7, 11) is 0. The van der Waals surface area contributed by atoms with Gasteiger partial charge in [-0.25, -0.2) is 0 Å². The molecule has 0 spiro atoms. The highest BCUT2D eigenvalue weighted by Crippen LogP contribution is 2.28. The van der Waals surface area contributed by atoms with Gasteiger partial charge in [0.15, 0.2) is 6.61 Å². The second kappa shape index (κ2) is 12.5. The van der Waals surface area contributed by atoms with Crippen molar-refractivity contribution in [3.8, 4) is 5.75 Å². The molecule has 0 bridgehead atoms. The summed E-state index contributed by atoms with van der Waals surface area (Å²) in [4.78, 5) is 28.3. The average Bonchev–Trinajstić information content (AvgIpc) is 2.82. The Hall–Kier alpha value is -2.24. The molecule has 0 aliphatic heterocycles. The van der Waals surface area contributed by atoms with Crippen LogP contribution in [0.4, 0.5) is 0 Å². The maximum Gasteiger partial charge on any atom is 0.261 e. The van der Waals surface area contributed by atoms with Gasteiger partial charge in [-0.15, -0.1) is 0 Å². The molecule has 184 valence electrons. The molecular weight excluding hydrogens is 471 g/mol. The van der Waals surface area contributed by atoms with E-state index in [1.807, 2.05) is 39.0 Å². The third kappa shape index (κ3) is 6.67. The van der Waals surface area contributed by atoms with Crippen molar-refractivity contribution in [3.63, 3.8) is 0 Å². The molecule has 2 aromatic carbocycles. The van der Waals surface area contributed by atoms with Crippen LogP contribution in [-0.4, -0.2) is 35.4 Å². The van der Waals surface area contributed by atoms with Crippen LogP contribution in [0.15, 0.2) is 36.4 Å². The maximum atomic E-state index is 13.5. The minimum Gasteiger partial charge on any atom is -0.483 e. The van der Waals surface area contributed by atoms with E-state index in [0.717, 1.165) is 36.8 Å². The molecule has 3 rings (SSSR count). The Morgan fingerprint density at radius 3 is 2.35 bits per heavy atom. The number of amides is 2. The van der Waals surface area contributed by atoms with Gasteiger partial charge in [0.25, 0.3) is 5.91 Å². The van der Waals surface area contributed by atoms with Crippen LogP contribution >= 0.6 is 23.2 Å². The van der Waals surface area contributed by atoms with Crippen molar-refractivity contribution in [1.29, 1.82) is 0 Å². The molecule has 0 heterocycles. The number of hydrogen-bond acceptors (Lipinski definition) is 3. The Bertz CT molecular complexity index is 985. The van der Waals surface area contributed by atoms with Crippen LogP contribution in [0.2, 0.25) is 10.0 Å². The molecule has 1 fully saturated rings. The molecule has 2 amide bonds. The van der Waals surface area contributed by atoms with Gasteiger partial charge in [-0.05, 0) is 62.4 Å². The smallest absolute Gasteiger partial charge is 0.261 e. The normalized spacial score (nSPS) is 15.0. The zero-order valence-electron chi connectivity index (χ0n) is 20.2. The SMILES string of the molecule is CC[C@H](C(=O)NC1CCCCC1)N(Cc1c(Cl)cccc1Cl)C(=O)COc1cccc(C)c1C. The maximum absolute atomic E-state index is 13.5. The lowest BCUT2D eigenvalue weighted by Crippen LogP contribution is -2.52. The highest BCUT2D eigenvalue weighted by atomic mass is 35.5. The van der Waals surface area contributed by atoms with Crippen molar-refractivity contribution in [2.24, 2.45) is 0 Å². The van der Waals surface area contributed by atoms with Crippen molar-refractivity contribution in [1.82, 2.24) is 10.2 Å². The van der Waals surface area contributed by atoms with Crippen LogP contribution in [-0.2, 0) is 16.1 Å². The Morgan fingerprint density at radius 1 is 1.06 bits per heavy atom. The van der Waals surface area contributed by atoms with Crippen LogP contribution in [0.1, 0.15) is 62.1 Å². The predicted molar refractivity (Wildman–Crippen MR) is 138 cm³/mol. The Labute approximate surface area is 212 Å². The van der Waals surface area contributed by atoms with E-state index >= 15 is 0 Å². The molecule has 0 saturated heterocycles. The number of nitrogens with zero attached hydrogens (tertiary/aromatic N) is 1. The lowest BCUT2D eigenvalue weighted by molar-refractivity contribution is -0.143. The highest BCUT2D eigenvalue weighted by Gasteiger charge is 2.31. The summed E-state index contributed by atoms with van der Waals surface area (Å²) >= 11 is 12.8. The minimum absolute atomic E-state index is 0.129. The predicted octanol–water partition coefficient (Wildman–Crippen LogP) is 6.25. The number of carbonyl (C=O) groups excluding carboxylic acids is 2. The molecule has 0 aromatic heterocycles. The largest absolute Gasteiger partial charge is 0.483 e. The van der Waals surface area contributed by atoms with Crippen molar-refractivity contribution >= 4 is 35.0 Å². The lowest BCUT2D eigenvalue weighted by Gasteiger charge is -2.33. The van der Waals surface area contributed by atoms with Gasteiger partial charge in [0.05, 0.1) is 0 Å². The molecule has 1 aliphatic rings. The summed E-state index contributed by atoms with van der Waals surface area (Å²) in [6, 6.07) is 10.5. The molecule has 1 N–H and O–H groups in total. The summed E-state index contributed by atoms with van der Waals surface area (Å²) in [5, 5.41) is 4.09. The van der Waals surface area contributed by atoms with Crippen molar-refractivity contribution < 1.29 is 14.3 Å². The Balaban J connectivity index is 1.83. The van der Waals surface area contributed by atoms with E-state index in [2.05, 4.69) is 5.32 Å². The van der Waals surface area contributed by atoms with E-state index in [-0.39, 0.29) is 31.0 Å². The second-order valence-corrected chi connectivity index (χ2v) is 9.79. The quantitative estimate of drug-likeness (QED) is 0.439. The number of aryl methyl sites for hydroxylation is 1. The molecule has 7 heteroatoms. The number of halogens is 2. The number of benzene rings is 2. The number of nitrogens with one attached hydrogen (secondary N) is 1. The minimum atomic E-state index is -0.649. The van der Waals surface area contributed by atoms with Gasteiger partial charge in [-0.1, -0.05) is 67.6 Å².